The van der Waals surface area contributed by atoms with E-state index in [1.807, 2.05) is 17.4 Å². The normalized spacial score (nSPS) is 12.1. The van der Waals surface area contributed by atoms with E-state index in [2.05, 4.69) is 176 Å². The molecule has 2 aromatic heterocycles. The zero-order valence-electron chi connectivity index (χ0n) is 29.1. The summed E-state index contributed by atoms with van der Waals surface area (Å²) >= 11 is 1.87. The minimum Gasteiger partial charge on any atom is -0.456 e. The zero-order valence-corrected chi connectivity index (χ0v) is 30.0. The van der Waals surface area contributed by atoms with Crippen molar-refractivity contribution >= 4 is 96.5 Å². The standard InChI is InChI=1S/C52H30OS/c1-2-15-36-31(11-1)12-10-21-37(36)51-40-18-5-3-16-38(40)50(39-17-4-6-19-41(39)51)35-14-9-13-32(27-35)33-24-26-48-44(28-33)45-30-43-34(29-49(45)54-48)23-25-47-52(43)42-20-7-8-22-46(42)53-47/h1-30H. The Morgan fingerprint density at radius 2 is 0.944 bits per heavy atom. The molecule has 0 saturated carbocycles. The van der Waals surface area contributed by atoms with Crippen LogP contribution < -0.4 is 0 Å². The maximum Gasteiger partial charge on any atom is 0.136 e. The summed E-state index contributed by atoms with van der Waals surface area (Å²) in [6, 6.07) is 66.9. The van der Waals surface area contributed by atoms with Crippen molar-refractivity contribution in [1.82, 2.24) is 0 Å². The first kappa shape index (κ1) is 29.8. The SMILES string of the molecule is c1cc(-c2ccc3sc4cc5ccc6oc7ccccc7c6c5cc4c3c2)cc(-c2c3ccccc3c(-c3cccc4ccccc34)c3ccccc23)c1. The monoisotopic (exact) mass is 702 g/mol. The fraction of sp³-hybridized carbons (Fsp3) is 0. The van der Waals surface area contributed by atoms with Crippen molar-refractivity contribution in [2.24, 2.45) is 0 Å². The molecular formula is C52H30OS. The molecule has 0 N–H and O–H groups in total. The molecule has 0 spiro atoms. The van der Waals surface area contributed by atoms with E-state index in [-0.39, 0.29) is 0 Å². The number of rotatable bonds is 3. The molecule has 2 heterocycles. The molecule has 54 heavy (non-hydrogen) atoms. The van der Waals surface area contributed by atoms with E-state index >= 15 is 0 Å². The molecule has 0 aliphatic carbocycles. The molecule has 250 valence electrons. The van der Waals surface area contributed by atoms with E-state index < -0.39 is 0 Å². The van der Waals surface area contributed by atoms with Gasteiger partial charge < -0.3 is 4.42 Å². The average Bonchev–Trinajstić information content (AvgIpc) is 3.79. The van der Waals surface area contributed by atoms with Crippen LogP contribution in [0.25, 0.3) is 119 Å². The highest BCUT2D eigenvalue weighted by atomic mass is 32.1. The number of benzene rings is 10. The predicted octanol–water partition coefficient (Wildman–Crippen LogP) is 15.6. The molecule has 0 aliphatic rings. The third kappa shape index (κ3) is 4.32. The summed E-state index contributed by atoms with van der Waals surface area (Å²) in [7, 11) is 0. The van der Waals surface area contributed by atoms with E-state index in [0.29, 0.717) is 0 Å². The summed E-state index contributed by atoms with van der Waals surface area (Å²) in [6.45, 7) is 0. The Kier molecular flexibility index (Phi) is 6.28. The zero-order chi connectivity index (χ0) is 35.3. The van der Waals surface area contributed by atoms with Crippen LogP contribution in [0, 0.1) is 0 Å². The number of hydrogen-bond donors (Lipinski definition) is 0. The summed E-state index contributed by atoms with van der Waals surface area (Å²) in [4.78, 5) is 0. The molecule has 10 aromatic carbocycles. The van der Waals surface area contributed by atoms with Crippen LogP contribution in [0.3, 0.4) is 0 Å². The average molecular weight is 703 g/mol. The Morgan fingerprint density at radius 1 is 0.315 bits per heavy atom. The number of para-hydroxylation sites is 1. The summed E-state index contributed by atoms with van der Waals surface area (Å²) in [5, 5.41) is 15.0. The molecule has 0 radical (unpaired) electrons. The Labute approximate surface area is 314 Å². The van der Waals surface area contributed by atoms with Gasteiger partial charge in [0.1, 0.15) is 11.2 Å². The number of hydrogen-bond acceptors (Lipinski definition) is 2. The van der Waals surface area contributed by atoms with Gasteiger partial charge in [-0.05, 0) is 119 Å². The largest absolute Gasteiger partial charge is 0.456 e. The van der Waals surface area contributed by atoms with Crippen LogP contribution >= 0.6 is 11.3 Å². The van der Waals surface area contributed by atoms with Crippen LogP contribution in [0.2, 0.25) is 0 Å². The van der Waals surface area contributed by atoms with Gasteiger partial charge in [0.2, 0.25) is 0 Å². The Bertz CT molecular complexity index is 3450. The van der Waals surface area contributed by atoms with Gasteiger partial charge in [-0.2, -0.15) is 0 Å². The van der Waals surface area contributed by atoms with Crippen molar-refractivity contribution in [3.8, 4) is 33.4 Å². The smallest absolute Gasteiger partial charge is 0.136 e. The lowest BCUT2D eigenvalue weighted by Crippen LogP contribution is -1.92. The van der Waals surface area contributed by atoms with Crippen LogP contribution in [0.1, 0.15) is 0 Å². The third-order valence-electron chi connectivity index (χ3n) is 11.4. The highest BCUT2D eigenvalue weighted by Gasteiger charge is 2.19. The van der Waals surface area contributed by atoms with Crippen LogP contribution in [0.15, 0.2) is 186 Å². The van der Waals surface area contributed by atoms with E-state index in [4.69, 9.17) is 4.42 Å². The third-order valence-corrected chi connectivity index (χ3v) is 12.6. The fourth-order valence-corrected chi connectivity index (χ4v) is 10.1. The van der Waals surface area contributed by atoms with Crippen LogP contribution in [0.5, 0.6) is 0 Å². The molecule has 12 aromatic rings. The van der Waals surface area contributed by atoms with E-state index in [0.717, 1.165) is 11.2 Å². The summed E-state index contributed by atoms with van der Waals surface area (Å²) < 4.78 is 8.87. The highest BCUT2D eigenvalue weighted by molar-refractivity contribution is 7.25. The quantitative estimate of drug-likeness (QED) is 0.167. The van der Waals surface area contributed by atoms with Crippen LogP contribution in [0.4, 0.5) is 0 Å². The Morgan fingerprint density at radius 3 is 1.76 bits per heavy atom. The van der Waals surface area contributed by atoms with Crippen LogP contribution in [-0.2, 0) is 0 Å². The molecule has 0 aliphatic heterocycles. The minimum atomic E-state index is 0.932. The van der Waals surface area contributed by atoms with Gasteiger partial charge in [0, 0.05) is 30.9 Å². The second-order valence-electron chi connectivity index (χ2n) is 14.4. The van der Waals surface area contributed by atoms with Crippen molar-refractivity contribution in [2.45, 2.75) is 0 Å². The Balaban J connectivity index is 1.06. The van der Waals surface area contributed by atoms with Crippen molar-refractivity contribution in [1.29, 1.82) is 0 Å². The first-order valence-electron chi connectivity index (χ1n) is 18.5. The minimum absolute atomic E-state index is 0.932. The molecule has 0 bridgehead atoms. The lowest BCUT2D eigenvalue weighted by molar-refractivity contribution is 0.669. The van der Waals surface area contributed by atoms with E-state index in [1.54, 1.807) is 0 Å². The Hall–Kier alpha value is -6.74. The van der Waals surface area contributed by atoms with Gasteiger partial charge in [0.15, 0.2) is 0 Å². The fourth-order valence-electron chi connectivity index (χ4n) is 9.02. The highest BCUT2D eigenvalue weighted by Crippen LogP contribution is 2.46. The lowest BCUT2D eigenvalue weighted by atomic mass is 9.84. The lowest BCUT2D eigenvalue weighted by Gasteiger charge is -2.19. The molecule has 12 rings (SSSR count). The molecule has 1 nitrogen and oxygen atoms in total. The number of furan rings is 1. The molecular weight excluding hydrogens is 673 g/mol. The molecule has 0 fully saturated rings. The number of thiophene rings is 1. The van der Waals surface area contributed by atoms with Crippen LogP contribution in [-0.4, -0.2) is 0 Å². The summed E-state index contributed by atoms with van der Waals surface area (Å²) in [5.74, 6) is 0. The molecule has 0 atom stereocenters. The maximum atomic E-state index is 6.27. The number of fused-ring (bicyclic) bond motifs is 11. The van der Waals surface area contributed by atoms with Crippen molar-refractivity contribution < 1.29 is 4.42 Å². The second-order valence-corrected chi connectivity index (χ2v) is 15.5. The van der Waals surface area contributed by atoms with Gasteiger partial charge in [-0.1, -0.05) is 140 Å². The van der Waals surface area contributed by atoms with E-state index in [1.165, 1.54) is 107 Å². The van der Waals surface area contributed by atoms with Gasteiger partial charge >= 0.3 is 0 Å². The second kappa shape index (κ2) is 11.4. The summed E-state index contributed by atoms with van der Waals surface area (Å²) in [6.07, 6.45) is 0. The van der Waals surface area contributed by atoms with Gasteiger partial charge in [0.05, 0.1) is 0 Å². The molecule has 0 unspecified atom stereocenters. The topological polar surface area (TPSA) is 13.1 Å². The van der Waals surface area contributed by atoms with Gasteiger partial charge in [-0.15, -0.1) is 11.3 Å². The molecule has 0 amide bonds. The first-order chi connectivity index (χ1) is 26.8. The van der Waals surface area contributed by atoms with Gasteiger partial charge in [0.25, 0.3) is 0 Å². The van der Waals surface area contributed by atoms with E-state index in [9.17, 15) is 0 Å². The van der Waals surface area contributed by atoms with Crippen molar-refractivity contribution in [3.05, 3.63) is 182 Å². The summed E-state index contributed by atoms with van der Waals surface area (Å²) in [5.41, 5.74) is 9.36. The van der Waals surface area contributed by atoms with Gasteiger partial charge in [-0.25, -0.2) is 0 Å². The molecule has 2 heteroatoms. The van der Waals surface area contributed by atoms with Crippen molar-refractivity contribution in [2.75, 3.05) is 0 Å². The van der Waals surface area contributed by atoms with Crippen molar-refractivity contribution in [3.63, 3.8) is 0 Å². The maximum absolute atomic E-state index is 6.27. The first-order valence-corrected chi connectivity index (χ1v) is 19.3. The van der Waals surface area contributed by atoms with Gasteiger partial charge in [-0.3, -0.25) is 0 Å². The predicted molar refractivity (Wildman–Crippen MR) is 233 cm³/mol. The molecule has 0 saturated heterocycles.